The average molecular weight is 270 g/mol. The number of hydrogen-bond acceptors (Lipinski definition) is 5. The molecular formula is C14H26N2O3. The molecule has 2 unspecified atom stereocenters. The van der Waals surface area contributed by atoms with Crippen LogP contribution in [0.5, 0.6) is 0 Å². The Morgan fingerprint density at radius 1 is 1.47 bits per heavy atom. The summed E-state index contributed by atoms with van der Waals surface area (Å²) in [4.78, 5) is 14.7. The van der Waals surface area contributed by atoms with Crippen molar-refractivity contribution >= 4 is 5.97 Å². The third-order valence-electron chi connectivity index (χ3n) is 4.43. The zero-order valence-electron chi connectivity index (χ0n) is 12.1. The van der Waals surface area contributed by atoms with Crippen LogP contribution in [0.1, 0.15) is 32.6 Å². The van der Waals surface area contributed by atoms with Crippen molar-refractivity contribution in [2.45, 2.75) is 44.2 Å². The molecule has 0 aromatic rings. The zero-order chi connectivity index (χ0) is 13.7. The Hall–Kier alpha value is -0.650. The quantitative estimate of drug-likeness (QED) is 0.765. The van der Waals surface area contributed by atoms with Gasteiger partial charge in [0.1, 0.15) is 5.54 Å². The standard InChI is InChI=1S/C14H26N2O3/c1-3-19-13(17)14(15-2)6-4-5-12(11-14)16-7-9-18-10-8-16/h12,15H,3-11H2,1-2H3. The predicted molar refractivity (Wildman–Crippen MR) is 73.1 cm³/mol. The maximum atomic E-state index is 12.3. The van der Waals surface area contributed by atoms with E-state index in [1.165, 1.54) is 6.42 Å². The second kappa shape index (κ2) is 6.68. The van der Waals surface area contributed by atoms with Gasteiger partial charge in [-0.25, -0.2) is 0 Å². The van der Waals surface area contributed by atoms with Crippen LogP contribution >= 0.6 is 0 Å². The van der Waals surface area contributed by atoms with E-state index in [1.807, 2.05) is 14.0 Å². The first-order valence-electron chi connectivity index (χ1n) is 7.40. The minimum absolute atomic E-state index is 0.0875. The van der Waals surface area contributed by atoms with Gasteiger partial charge in [-0.3, -0.25) is 9.69 Å². The van der Waals surface area contributed by atoms with Gasteiger partial charge in [0.15, 0.2) is 0 Å². The molecule has 2 rings (SSSR count). The van der Waals surface area contributed by atoms with Gasteiger partial charge in [-0.15, -0.1) is 0 Å². The maximum Gasteiger partial charge on any atom is 0.326 e. The molecule has 110 valence electrons. The first-order valence-corrected chi connectivity index (χ1v) is 7.40. The van der Waals surface area contributed by atoms with E-state index in [0.717, 1.165) is 45.6 Å². The number of morpholine rings is 1. The summed E-state index contributed by atoms with van der Waals surface area (Å²) in [7, 11) is 1.87. The van der Waals surface area contributed by atoms with Crippen molar-refractivity contribution in [3.05, 3.63) is 0 Å². The number of ether oxygens (including phenoxy) is 2. The van der Waals surface area contributed by atoms with Gasteiger partial charge in [-0.05, 0) is 39.7 Å². The van der Waals surface area contributed by atoms with Crippen LogP contribution < -0.4 is 5.32 Å². The Labute approximate surface area is 115 Å². The van der Waals surface area contributed by atoms with Crippen molar-refractivity contribution in [1.82, 2.24) is 10.2 Å². The second-order valence-electron chi connectivity index (χ2n) is 5.45. The molecule has 1 aliphatic heterocycles. The van der Waals surface area contributed by atoms with Gasteiger partial charge in [0, 0.05) is 19.1 Å². The highest BCUT2D eigenvalue weighted by Gasteiger charge is 2.44. The Kier molecular flexibility index (Phi) is 5.19. The number of esters is 1. The molecule has 1 N–H and O–H groups in total. The van der Waals surface area contributed by atoms with Crippen LogP contribution in [-0.4, -0.2) is 62.4 Å². The highest BCUT2D eigenvalue weighted by Crippen LogP contribution is 2.32. The van der Waals surface area contributed by atoms with Gasteiger partial charge in [0.25, 0.3) is 0 Å². The first-order chi connectivity index (χ1) is 9.22. The minimum atomic E-state index is -0.489. The van der Waals surface area contributed by atoms with Crippen molar-refractivity contribution in [3.8, 4) is 0 Å². The molecule has 0 aromatic carbocycles. The Balaban J connectivity index is 2.02. The summed E-state index contributed by atoms with van der Waals surface area (Å²) in [6.07, 6.45) is 3.97. The number of carbonyl (C=O) groups is 1. The SMILES string of the molecule is CCOC(=O)C1(NC)CCCC(N2CCOCC2)C1. The van der Waals surface area contributed by atoms with Crippen LogP contribution in [0.4, 0.5) is 0 Å². The number of hydrogen-bond donors (Lipinski definition) is 1. The fourth-order valence-electron chi connectivity index (χ4n) is 3.28. The number of carbonyl (C=O) groups excluding carboxylic acids is 1. The van der Waals surface area contributed by atoms with E-state index in [-0.39, 0.29) is 5.97 Å². The van der Waals surface area contributed by atoms with E-state index in [1.54, 1.807) is 0 Å². The molecular weight excluding hydrogens is 244 g/mol. The summed E-state index contributed by atoms with van der Waals surface area (Å²) in [5.41, 5.74) is -0.489. The van der Waals surface area contributed by atoms with Crippen LogP contribution in [0.15, 0.2) is 0 Å². The normalized spacial score (nSPS) is 33.1. The monoisotopic (exact) mass is 270 g/mol. The van der Waals surface area contributed by atoms with Gasteiger partial charge in [0.2, 0.25) is 0 Å². The molecule has 1 aliphatic carbocycles. The lowest BCUT2D eigenvalue weighted by Gasteiger charge is -2.44. The van der Waals surface area contributed by atoms with Crippen LogP contribution in [0.25, 0.3) is 0 Å². The summed E-state index contributed by atoms with van der Waals surface area (Å²) < 4.78 is 10.7. The van der Waals surface area contributed by atoms with Gasteiger partial charge in [-0.2, -0.15) is 0 Å². The molecule has 0 spiro atoms. The third kappa shape index (κ3) is 3.27. The van der Waals surface area contributed by atoms with E-state index in [4.69, 9.17) is 9.47 Å². The van der Waals surface area contributed by atoms with E-state index in [0.29, 0.717) is 12.6 Å². The zero-order valence-corrected chi connectivity index (χ0v) is 12.1. The number of rotatable bonds is 4. The van der Waals surface area contributed by atoms with Crippen molar-refractivity contribution in [2.75, 3.05) is 40.0 Å². The van der Waals surface area contributed by atoms with Gasteiger partial charge in [0.05, 0.1) is 19.8 Å². The average Bonchev–Trinajstić information content (AvgIpc) is 2.48. The maximum absolute atomic E-state index is 12.3. The molecule has 1 saturated carbocycles. The molecule has 1 saturated heterocycles. The molecule has 2 aliphatic rings. The van der Waals surface area contributed by atoms with Gasteiger partial charge in [-0.1, -0.05) is 0 Å². The molecule has 2 atom stereocenters. The molecule has 0 aromatic heterocycles. The van der Waals surface area contributed by atoms with Crippen LogP contribution in [0.2, 0.25) is 0 Å². The molecule has 2 fully saturated rings. The largest absolute Gasteiger partial charge is 0.465 e. The summed E-state index contributed by atoms with van der Waals surface area (Å²) in [5, 5.41) is 3.24. The van der Waals surface area contributed by atoms with Crippen molar-refractivity contribution < 1.29 is 14.3 Å². The van der Waals surface area contributed by atoms with Crippen molar-refractivity contribution in [1.29, 1.82) is 0 Å². The van der Waals surface area contributed by atoms with Crippen LogP contribution in [0.3, 0.4) is 0 Å². The minimum Gasteiger partial charge on any atom is -0.465 e. The van der Waals surface area contributed by atoms with Crippen molar-refractivity contribution in [3.63, 3.8) is 0 Å². The molecule has 5 nitrogen and oxygen atoms in total. The number of nitrogens with zero attached hydrogens (tertiary/aromatic N) is 1. The Morgan fingerprint density at radius 3 is 2.84 bits per heavy atom. The smallest absolute Gasteiger partial charge is 0.326 e. The van der Waals surface area contributed by atoms with E-state index in [9.17, 15) is 4.79 Å². The van der Waals surface area contributed by atoms with E-state index < -0.39 is 5.54 Å². The summed E-state index contributed by atoms with van der Waals surface area (Å²) in [6, 6.07) is 0.467. The van der Waals surface area contributed by atoms with E-state index >= 15 is 0 Å². The molecule has 5 heteroatoms. The number of likely N-dealkylation sites (N-methyl/N-ethyl adjacent to an activating group) is 1. The van der Waals surface area contributed by atoms with Crippen molar-refractivity contribution in [2.24, 2.45) is 0 Å². The predicted octanol–water partition coefficient (Wildman–Crippen LogP) is 0.783. The molecule has 0 bridgehead atoms. The van der Waals surface area contributed by atoms with Gasteiger partial charge < -0.3 is 14.8 Å². The van der Waals surface area contributed by atoms with E-state index in [2.05, 4.69) is 10.2 Å². The summed E-state index contributed by atoms with van der Waals surface area (Å²) >= 11 is 0. The lowest BCUT2D eigenvalue weighted by molar-refractivity contribution is -0.154. The molecule has 1 heterocycles. The lowest BCUT2D eigenvalue weighted by Crippen LogP contribution is -2.58. The van der Waals surface area contributed by atoms with Crippen LogP contribution in [0, 0.1) is 0 Å². The fraction of sp³-hybridized carbons (Fsp3) is 0.929. The van der Waals surface area contributed by atoms with Gasteiger partial charge >= 0.3 is 5.97 Å². The summed E-state index contributed by atoms with van der Waals surface area (Å²) in [6.45, 7) is 5.89. The fourth-order valence-corrected chi connectivity index (χ4v) is 3.28. The number of nitrogens with one attached hydrogen (secondary N) is 1. The molecule has 0 radical (unpaired) electrons. The molecule has 19 heavy (non-hydrogen) atoms. The highest BCUT2D eigenvalue weighted by molar-refractivity contribution is 5.81. The lowest BCUT2D eigenvalue weighted by atomic mass is 9.78. The first kappa shape index (κ1) is 14.8. The second-order valence-corrected chi connectivity index (χ2v) is 5.45. The third-order valence-corrected chi connectivity index (χ3v) is 4.43. The van der Waals surface area contributed by atoms with Crippen LogP contribution in [-0.2, 0) is 14.3 Å². The highest BCUT2D eigenvalue weighted by atomic mass is 16.5. The Morgan fingerprint density at radius 2 is 2.21 bits per heavy atom. The Bertz CT molecular complexity index is 305. The molecule has 0 amide bonds. The topological polar surface area (TPSA) is 50.8 Å². The summed E-state index contributed by atoms with van der Waals surface area (Å²) in [5.74, 6) is -0.0875.